The van der Waals surface area contributed by atoms with Crippen molar-refractivity contribution in [2.45, 2.75) is 25.6 Å². The lowest BCUT2D eigenvalue weighted by molar-refractivity contribution is 0.0764. The van der Waals surface area contributed by atoms with Gasteiger partial charge in [0.15, 0.2) is 6.10 Å². The van der Waals surface area contributed by atoms with Crippen molar-refractivity contribution in [3.05, 3.63) is 24.0 Å². The quantitative estimate of drug-likeness (QED) is 0.870. The van der Waals surface area contributed by atoms with Gasteiger partial charge in [-0.05, 0) is 18.6 Å². The molecule has 5 heteroatoms. The van der Waals surface area contributed by atoms with Crippen LogP contribution in [0, 0.1) is 11.3 Å². The molecule has 5 nitrogen and oxygen atoms in total. The number of aliphatic hydroxyl groups is 1. The summed E-state index contributed by atoms with van der Waals surface area (Å²) in [6.45, 7) is 3.79. The molecule has 0 aliphatic carbocycles. The first-order valence-corrected chi connectivity index (χ1v) is 6.14. The highest BCUT2D eigenvalue weighted by Gasteiger charge is 2.20. The first kappa shape index (κ1) is 12.8. The van der Waals surface area contributed by atoms with Gasteiger partial charge in [-0.15, -0.1) is 0 Å². The molecule has 2 atom stereocenters. The first-order valence-electron chi connectivity index (χ1n) is 6.14. The molecule has 1 unspecified atom stereocenters. The molecular weight excluding hydrogens is 230 g/mol. The molecular formula is C13H17N3O2. The Balaban J connectivity index is 2.07. The van der Waals surface area contributed by atoms with Crippen molar-refractivity contribution in [1.29, 1.82) is 5.26 Å². The predicted octanol–water partition coefficient (Wildman–Crippen LogP) is 1.25. The van der Waals surface area contributed by atoms with Crippen LogP contribution in [0.5, 0.6) is 0 Å². The second kappa shape index (κ2) is 5.80. The number of pyridine rings is 1. The molecule has 1 aliphatic rings. The highest BCUT2D eigenvalue weighted by molar-refractivity contribution is 5.45. The highest BCUT2D eigenvalue weighted by atomic mass is 16.5. The Labute approximate surface area is 107 Å². The van der Waals surface area contributed by atoms with Crippen molar-refractivity contribution >= 4 is 5.69 Å². The highest BCUT2D eigenvalue weighted by Crippen LogP contribution is 2.20. The summed E-state index contributed by atoms with van der Waals surface area (Å²) in [6, 6.07) is 5.88. The zero-order valence-corrected chi connectivity index (χ0v) is 10.4. The fourth-order valence-corrected chi connectivity index (χ4v) is 1.95. The minimum Gasteiger partial charge on any atom is -0.387 e. The number of ether oxygens (including phenoxy) is 1. The van der Waals surface area contributed by atoms with E-state index in [9.17, 15) is 5.11 Å². The van der Waals surface area contributed by atoms with Gasteiger partial charge in [0.1, 0.15) is 0 Å². The maximum absolute atomic E-state index is 9.67. The van der Waals surface area contributed by atoms with Gasteiger partial charge in [0.05, 0.1) is 42.9 Å². The van der Waals surface area contributed by atoms with Crippen LogP contribution in [0.25, 0.3) is 0 Å². The van der Waals surface area contributed by atoms with Gasteiger partial charge in [0.2, 0.25) is 0 Å². The maximum Gasteiger partial charge on any atom is 0.161 e. The summed E-state index contributed by atoms with van der Waals surface area (Å²) >= 11 is 0. The summed E-state index contributed by atoms with van der Waals surface area (Å²) in [7, 11) is 0. The number of nitriles is 1. The van der Waals surface area contributed by atoms with Crippen LogP contribution < -0.4 is 4.90 Å². The summed E-state index contributed by atoms with van der Waals surface area (Å²) in [4.78, 5) is 6.34. The molecule has 1 aromatic heterocycles. The van der Waals surface area contributed by atoms with E-state index >= 15 is 0 Å². The van der Waals surface area contributed by atoms with Gasteiger partial charge >= 0.3 is 0 Å². The van der Waals surface area contributed by atoms with E-state index in [0.29, 0.717) is 25.3 Å². The van der Waals surface area contributed by atoms with E-state index in [0.717, 1.165) is 12.2 Å². The van der Waals surface area contributed by atoms with Gasteiger partial charge in [-0.1, -0.05) is 6.92 Å². The number of rotatable bonds is 3. The van der Waals surface area contributed by atoms with Crippen LogP contribution in [0.3, 0.4) is 0 Å². The molecule has 1 fully saturated rings. The third kappa shape index (κ3) is 2.78. The molecule has 18 heavy (non-hydrogen) atoms. The summed E-state index contributed by atoms with van der Waals surface area (Å²) in [6.07, 6.45) is 1.52. The minimum absolute atomic E-state index is 0.375. The fourth-order valence-electron chi connectivity index (χ4n) is 1.95. The molecule has 2 rings (SSSR count). The van der Waals surface area contributed by atoms with Crippen molar-refractivity contribution in [2.75, 3.05) is 24.6 Å². The second-order valence-electron chi connectivity index (χ2n) is 4.30. The molecule has 0 amide bonds. The van der Waals surface area contributed by atoms with Crippen LogP contribution in [0.1, 0.15) is 25.1 Å². The maximum atomic E-state index is 9.67. The Morgan fingerprint density at radius 1 is 1.67 bits per heavy atom. The second-order valence-corrected chi connectivity index (χ2v) is 4.30. The van der Waals surface area contributed by atoms with Gasteiger partial charge < -0.3 is 14.7 Å². The molecule has 1 aromatic rings. The fraction of sp³-hybridized carbons (Fsp3) is 0.538. The molecule has 1 aliphatic heterocycles. The van der Waals surface area contributed by atoms with Crippen LogP contribution >= 0.6 is 0 Å². The normalized spacial score (nSPS) is 21.4. The lowest BCUT2D eigenvalue weighted by atomic mass is 10.2. The SMILES string of the molecule is CC[C@H](O)c1ccc(N2CCOC(C#N)C2)cn1. The van der Waals surface area contributed by atoms with Crippen LogP contribution in [0.15, 0.2) is 18.3 Å². The lowest BCUT2D eigenvalue weighted by Gasteiger charge is -2.31. The van der Waals surface area contributed by atoms with Crippen molar-refractivity contribution in [2.24, 2.45) is 0 Å². The molecule has 96 valence electrons. The van der Waals surface area contributed by atoms with Gasteiger partial charge in [-0.2, -0.15) is 5.26 Å². The molecule has 0 saturated carbocycles. The zero-order valence-electron chi connectivity index (χ0n) is 10.4. The minimum atomic E-state index is -0.504. The molecule has 1 saturated heterocycles. The van der Waals surface area contributed by atoms with Gasteiger partial charge in [0, 0.05) is 6.54 Å². The van der Waals surface area contributed by atoms with E-state index < -0.39 is 6.10 Å². The van der Waals surface area contributed by atoms with Gasteiger partial charge in [0.25, 0.3) is 0 Å². The van der Waals surface area contributed by atoms with Crippen molar-refractivity contribution in [1.82, 2.24) is 4.98 Å². The lowest BCUT2D eigenvalue weighted by Crippen LogP contribution is -2.41. The Bertz CT molecular complexity index is 427. The van der Waals surface area contributed by atoms with E-state index in [1.54, 1.807) is 6.20 Å². The van der Waals surface area contributed by atoms with E-state index in [2.05, 4.69) is 16.0 Å². The number of nitrogens with zero attached hydrogens (tertiary/aromatic N) is 3. The Morgan fingerprint density at radius 2 is 2.50 bits per heavy atom. The van der Waals surface area contributed by atoms with E-state index in [-0.39, 0.29) is 6.10 Å². The number of hydrogen-bond donors (Lipinski definition) is 1. The Hall–Kier alpha value is -1.64. The van der Waals surface area contributed by atoms with Crippen molar-refractivity contribution < 1.29 is 9.84 Å². The van der Waals surface area contributed by atoms with Crippen LogP contribution in [-0.2, 0) is 4.74 Å². The zero-order chi connectivity index (χ0) is 13.0. The van der Waals surface area contributed by atoms with Crippen molar-refractivity contribution in [3.8, 4) is 6.07 Å². The number of morpholine rings is 1. The van der Waals surface area contributed by atoms with Gasteiger partial charge in [-0.25, -0.2) is 0 Å². The molecule has 1 N–H and O–H groups in total. The first-order chi connectivity index (χ1) is 8.74. The monoisotopic (exact) mass is 247 g/mol. The van der Waals surface area contributed by atoms with Crippen molar-refractivity contribution in [3.63, 3.8) is 0 Å². The number of aliphatic hydroxyl groups excluding tert-OH is 1. The molecule has 0 aromatic carbocycles. The average Bonchev–Trinajstić information content (AvgIpc) is 2.46. The number of anilines is 1. The smallest absolute Gasteiger partial charge is 0.161 e. The van der Waals surface area contributed by atoms with Crippen LogP contribution in [0.2, 0.25) is 0 Å². The molecule has 0 radical (unpaired) electrons. The third-order valence-electron chi connectivity index (χ3n) is 3.07. The number of hydrogen-bond acceptors (Lipinski definition) is 5. The van der Waals surface area contributed by atoms with Crippen LogP contribution in [-0.4, -0.2) is 35.9 Å². The topological polar surface area (TPSA) is 69.4 Å². The Kier molecular flexibility index (Phi) is 4.13. The molecule has 0 spiro atoms. The summed E-state index contributed by atoms with van der Waals surface area (Å²) in [5, 5.41) is 18.5. The molecule has 0 bridgehead atoms. The van der Waals surface area contributed by atoms with E-state index in [4.69, 9.17) is 10.00 Å². The summed E-state index contributed by atoms with van der Waals surface area (Å²) in [5.41, 5.74) is 1.65. The number of aromatic nitrogens is 1. The standard InChI is InChI=1S/C13H17N3O2/c1-2-13(17)12-4-3-10(8-15-12)16-5-6-18-11(7-14)9-16/h3-4,8,11,13,17H,2,5-6,9H2,1H3/t11?,13-/m0/s1. The van der Waals surface area contributed by atoms with E-state index in [1.165, 1.54) is 0 Å². The van der Waals surface area contributed by atoms with Gasteiger partial charge in [-0.3, -0.25) is 4.98 Å². The average molecular weight is 247 g/mol. The van der Waals surface area contributed by atoms with Crippen LogP contribution in [0.4, 0.5) is 5.69 Å². The largest absolute Gasteiger partial charge is 0.387 e. The third-order valence-corrected chi connectivity index (χ3v) is 3.07. The summed E-state index contributed by atoms with van der Waals surface area (Å²) in [5.74, 6) is 0. The predicted molar refractivity (Wildman–Crippen MR) is 67.1 cm³/mol. The van der Waals surface area contributed by atoms with E-state index in [1.807, 2.05) is 19.1 Å². The summed E-state index contributed by atoms with van der Waals surface area (Å²) < 4.78 is 5.29. The Morgan fingerprint density at radius 3 is 3.11 bits per heavy atom. The molecule has 2 heterocycles.